The second kappa shape index (κ2) is 6.45. The molecule has 0 radical (unpaired) electrons. The molecule has 0 aliphatic heterocycles. The summed E-state index contributed by atoms with van der Waals surface area (Å²) >= 11 is 0. The van der Waals surface area contributed by atoms with Gasteiger partial charge in [-0.1, -0.05) is 6.92 Å². The van der Waals surface area contributed by atoms with Crippen LogP contribution in [0.2, 0.25) is 0 Å². The summed E-state index contributed by atoms with van der Waals surface area (Å²) in [5.41, 5.74) is -0.644. The standard InChI is InChI=1S/C10H15N3O5S/c1-2-11-5-6-12-19(17,18)8-3-4-10(14)9(7-8)13(15)16/h3-4,7,11-12,14H,2,5-6H2,1H3. The first-order valence-corrected chi connectivity index (χ1v) is 7.04. The molecule has 0 heterocycles. The van der Waals surface area contributed by atoms with Crippen LogP contribution in [0.3, 0.4) is 0 Å². The molecule has 0 aliphatic rings. The second-order valence-electron chi connectivity index (χ2n) is 3.66. The molecular weight excluding hydrogens is 274 g/mol. The van der Waals surface area contributed by atoms with E-state index in [2.05, 4.69) is 10.0 Å². The number of nitro benzene ring substituents is 1. The molecule has 19 heavy (non-hydrogen) atoms. The van der Waals surface area contributed by atoms with Gasteiger partial charge >= 0.3 is 5.69 Å². The van der Waals surface area contributed by atoms with Gasteiger partial charge in [0.2, 0.25) is 10.0 Å². The number of phenolic OH excluding ortho intramolecular Hbond substituents is 1. The molecule has 0 fully saturated rings. The number of aromatic hydroxyl groups is 1. The maximum atomic E-state index is 11.8. The van der Waals surface area contributed by atoms with Gasteiger partial charge in [-0.05, 0) is 18.7 Å². The third kappa shape index (κ3) is 4.16. The molecule has 0 saturated carbocycles. The number of hydrogen-bond acceptors (Lipinski definition) is 6. The smallest absolute Gasteiger partial charge is 0.312 e. The fraction of sp³-hybridized carbons (Fsp3) is 0.400. The number of phenols is 1. The van der Waals surface area contributed by atoms with Gasteiger partial charge in [-0.15, -0.1) is 0 Å². The predicted molar refractivity (Wildman–Crippen MR) is 68.5 cm³/mol. The van der Waals surface area contributed by atoms with Crippen LogP contribution in [-0.4, -0.2) is 38.1 Å². The number of likely N-dealkylation sites (N-methyl/N-ethyl adjacent to an activating group) is 1. The van der Waals surface area contributed by atoms with Gasteiger partial charge in [0.25, 0.3) is 0 Å². The summed E-state index contributed by atoms with van der Waals surface area (Å²) in [6.45, 7) is 3.23. The third-order valence-corrected chi connectivity index (χ3v) is 3.76. The zero-order valence-electron chi connectivity index (χ0n) is 10.3. The minimum atomic E-state index is -3.82. The first-order chi connectivity index (χ1) is 8.88. The Morgan fingerprint density at radius 1 is 1.37 bits per heavy atom. The normalized spacial score (nSPS) is 11.4. The molecule has 106 valence electrons. The van der Waals surface area contributed by atoms with E-state index in [1.54, 1.807) is 0 Å². The van der Waals surface area contributed by atoms with Crippen LogP contribution in [0.4, 0.5) is 5.69 Å². The van der Waals surface area contributed by atoms with Crippen molar-refractivity contribution in [1.29, 1.82) is 0 Å². The Balaban J connectivity index is 2.89. The van der Waals surface area contributed by atoms with Gasteiger partial charge in [-0.25, -0.2) is 13.1 Å². The van der Waals surface area contributed by atoms with Gasteiger partial charge in [-0.3, -0.25) is 10.1 Å². The van der Waals surface area contributed by atoms with Crippen molar-refractivity contribution < 1.29 is 18.4 Å². The highest BCUT2D eigenvalue weighted by atomic mass is 32.2. The lowest BCUT2D eigenvalue weighted by Crippen LogP contribution is -2.31. The monoisotopic (exact) mass is 289 g/mol. The molecule has 0 aliphatic carbocycles. The highest BCUT2D eigenvalue weighted by Gasteiger charge is 2.20. The maximum Gasteiger partial charge on any atom is 0.312 e. The van der Waals surface area contributed by atoms with Crippen LogP contribution < -0.4 is 10.0 Å². The first kappa shape index (κ1) is 15.3. The molecular formula is C10H15N3O5S. The molecule has 0 saturated heterocycles. The number of nitrogens with one attached hydrogen (secondary N) is 2. The SMILES string of the molecule is CCNCCNS(=O)(=O)c1ccc(O)c([N+](=O)[O-])c1. The summed E-state index contributed by atoms with van der Waals surface area (Å²) in [7, 11) is -3.82. The molecule has 8 nitrogen and oxygen atoms in total. The topological polar surface area (TPSA) is 122 Å². The van der Waals surface area contributed by atoms with E-state index in [4.69, 9.17) is 0 Å². The van der Waals surface area contributed by atoms with Crippen LogP contribution >= 0.6 is 0 Å². The average molecular weight is 289 g/mol. The first-order valence-electron chi connectivity index (χ1n) is 5.56. The number of sulfonamides is 1. The molecule has 0 atom stereocenters. The fourth-order valence-corrected chi connectivity index (χ4v) is 2.40. The van der Waals surface area contributed by atoms with E-state index in [9.17, 15) is 23.6 Å². The van der Waals surface area contributed by atoms with Crippen molar-refractivity contribution in [1.82, 2.24) is 10.0 Å². The molecule has 1 aromatic carbocycles. The Morgan fingerprint density at radius 3 is 2.63 bits per heavy atom. The molecule has 0 bridgehead atoms. The van der Waals surface area contributed by atoms with E-state index in [-0.39, 0.29) is 11.4 Å². The van der Waals surface area contributed by atoms with E-state index in [1.807, 2.05) is 6.92 Å². The van der Waals surface area contributed by atoms with Crippen molar-refractivity contribution in [2.24, 2.45) is 0 Å². The van der Waals surface area contributed by atoms with Gasteiger partial charge in [0.15, 0.2) is 5.75 Å². The van der Waals surface area contributed by atoms with Crippen LogP contribution in [0, 0.1) is 10.1 Å². The summed E-state index contributed by atoms with van der Waals surface area (Å²) in [5.74, 6) is -0.573. The minimum Gasteiger partial charge on any atom is -0.502 e. The summed E-state index contributed by atoms with van der Waals surface area (Å²) in [6, 6.07) is 2.92. The van der Waals surface area contributed by atoms with E-state index in [1.165, 1.54) is 0 Å². The average Bonchev–Trinajstić information content (AvgIpc) is 2.34. The van der Waals surface area contributed by atoms with Crippen molar-refractivity contribution in [2.75, 3.05) is 19.6 Å². The highest BCUT2D eigenvalue weighted by molar-refractivity contribution is 7.89. The lowest BCUT2D eigenvalue weighted by Gasteiger charge is -2.07. The Bertz CT molecular complexity index is 558. The molecule has 0 spiro atoms. The molecule has 9 heteroatoms. The molecule has 0 aromatic heterocycles. The van der Waals surface area contributed by atoms with Gasteiger partial charge in [0, 0.05) is 19.2 Å². The highest BCUT2D eigenvalue weighted by Crippen LogP contribution is 2.27. The van der Waals surface area contributed by atoms with Gasteiger partial charge in [0.1, 0.15) is 0 Å². The van der Waals surface area contributed by atoms with Crippen LogP contribution in [0.1, 0.15) is 6.92 Å². The summed E-state index contributed by atoms with van der Waals surface area (Å²) < 4.78 is 26.0. The van der Waals surface area contributed by atoms with Crippen molar-refractivity contribution in [3.05, 3.63) is 28.3 Å². The number of nitro groups is 1. The summed E-state index contributed by atoms with van der Waals surface area (Å²) in [6.07, 6.45) is 0. The van der Waals surface area contributed by atoms with E-state index < -0.39 is 26.4 Å². The largest absolute Gasteiger partial charge is 0.502 e. The molecule has 3 N–H and O–H groups in total. The molecule has 1 rings (SSSR count). The van der Waals surface area contributed by atoms with Crippen molar-refractivity contribution >= 4 is 15.7 Å². The second-order valence-corrected chi connectivity index (χ2v) is 5.43. The molecule has 0 amide bonds. The van der Waals surface area contributed by atoms with Gasteiger partial charge in [-0.2, -0.15) is 0 Å². The Labute approximate surface area is 110 Å². The lowest BCUT2D eigenvalue weighted by atomic mass is 10.3. The van der Waals surface area contributed by atoms with Gasteiger partial charge < -0.3 is 10.4 Å². The third-order valence-electron chi connectivity index (χ3n) is 2.30. The number of rotatable bonds is 7. The quantitative estimate of drug-likeness (QED) is 0.374. The predicted octanol–water partition coefficient (Wildman–Crippen LogP) is 0.188. The van der Waals surface area contributed by atoms with Crippen molar-refractivity contribution in [2.45, 2.75) is 11.8 Å². The van der Waals surface area contributed by atoms with Crippen LogP contribution in [0.5, 0.6) is 5.75 Å². The fourth-order valence-electron chi connectivity index (χ4n) is 1.35. The zero-order chi connectivity index (χ0) is 14.5. The van der Waals surface area contributed by atoms with Crippen LogP contribution in [0.25, 0.3) is 0 Å². The van der Waals surface area contributed by atoms with E-state index in [0.29, 0.717) is 13.1 Å². The van der Waals surface area contributed by atoms with E-state index >= 15 is 0 Å². The Morgan fingerprint density at radius 2 is 2.05 bits per heavy atom. The van der Waals surface area contributed by atoms with Crippen molar-refractivity contribution in [3.63, 3.8) is 0 Å². The number of hydrogen-bond donors (Lipinski definition) is 3. The molecule has 1 aromatic rings. The molecule has 0 unspecified atom stereocenters. The zero-order valence-corrected chi connectivity index (χ0v) is 11.1. The number of nitrogens with zero attached hydrogens (tertiary/aromatic N) is 1. The lowest BCUT2D eigenvalue weighted by molar-refractivity contribution is -0.386. The van der Waals surface area contributed by atoms with Crippen LogP contribution in [-0.2, 0) is 10.0 Å². The minimum absolute atomic E-state index is 0.171. The van der Waals surface area contributed by atoms with Crippen molar-refractivity contribution in [3.8, 4) is 5.75 Å². The summed E-state index contributed by atoms with van der Waals surface area (Å²) in [5, 5.41) is 22.8. The Kier molecular flexibility index (Phi) is 5.21. The Hall–Kier alpha value is -1.71. The summed E-state index contributed by atoms with van der Waals surface area (Å²) in [4.78, 5) is 9.52. The van der Waals surface area contributed by atoms with Gasteiger partial charge in [0.05, 0.1) is 9.82 Å². The van der Waals surface area contributed by atoms with E-state index in [0.717, 1.165) is 18.2 Å². The maximum absolute atomic E-state index is 11.8. The van der Waals surface area contributed by atoms with Crippen LogP contribution in [0.15, 0.2) is 23.1 Å². The number of benzene rings is 1.